The minimum absolute atomic E-state index is 0.260. The third-order valence-corrected chi connectivity index (χ3v) is 2.69. The van der Waals surface area contributed by atoms with Crippen LogP contribution in [-0.2, 0) is 25.6 Å². The average Bonchev–Trinajstić information content (AvgIpc) is 2.35. The average molecular weight is 262 g/mol. The Kier molecular flexibility index (Phi) is 3.79. The van der Waals surface area contributed by atoms with E-state index >= 15 is 0 Å². The van der Waals surface area contributed by atoms with Crippen molar-refractivity contribution >= 4 is 17.8 Å². The topological polar surface area (TPSA) is 75.7 Å². The lowest BCUT2D eigenvalue weighted by Crippen LogP contribution is -2.58. The highest BCUT2D eigenvalue weighted by molar-refractivity contribution is 5.94. The van der Waals surface area contributed by atoms with Gasteiger partial charge in [0.15, 0.2) is 0 Å². The molecular weight excluding hydrogens is 248 g/mol. The summed E-state index contributed by atoms with van der Waals surface area (Å²) in [5, 5.41) is 3.41. The normalized spacial score (nSPS) is 19.0. The summed E-state index contributed by atoms with van der Waals surface area (Å²) < 4.78 is 0. The molecule has 1 aromatic carbocycles. The van der Waals surface area contributed by atoms with Crippen LogP contribution >= 0.6 is 0 Å². The van der Waals surface area contributed by atoms with Gasteiger partial charge in [-0.1, -0.05) is 30.3 Å². The third-order valence-electron chi connectivity index (χ3n) is 2.69. The van der Waals surface area contributed by atoms with E-state index in [9.17, 15) is 14.4 Å². The number of benzene rings is 1. The molecule has 2 rings (SSSR count). The zero-order valence-corrected chi connectivity index (χ0v) is 10.5. The fraction of sp³-hybridized carbons (Fsp3) is 0.308. The second-order valence-corrected chi connectivity index (χ2v) is 4.27. The van der Waals surface area contributed by atoms with Crippen LogP contribution < -0.4 is 5.32 Å². The number of carbonyl (C=O) groups is 3. The van der Waals surface area contributed by atoms with Crippen molar-refractivity contribution in [2.75, 3.05) is 6.54 Å². The number of hydrogen-bond acceptors (Lipinski definition) is 4. The van der Waals surface area contributed by atoms with E-state index in [2.05, 4.69) is 5.32 Å². The van der Waals surface area contributed by atoms with E-state index in [-0.39, 0.29) is 12.5 Å². The molecule has 2 amide bonds. The molecule has 0 bridgehead atoms. The van der Waals surface area contributed by atoms with E-state index in [1.54, 1.807) is 0 Å². The summed E-state index contributed by atoms with van der Waals surface area (Å²) in [5.74, 6) is -1.39. The second kappa shape index (κ2) is 5.51. The number of rotatable bonds is 3. The summed E-state index contributed by atoms with van der Waals surface area (Å²) in [6.07, 6.45) is 0.364. The van der Waals surface area contributed by atoms with Crippen molar-refractivity contribution in [1.82, 2.24) is 10.4 Å². The van der Waals surface area contributed by atoms with Crippen molar-refractivity contribution in [1.29, 1.82) is 0 Å². The Bertz CT molecular complexity index is 499. The highest BCUT2D eigenvalue weighted by Crippen LogP contribution is 2.10. The molecule has 1 atom stereocenters. The first-order chi connectivity index (χ1) is 9.06. The summed E-state index contributed by atoms with van der Waals surface area (Å²) in [6.45, 7) is 0.926. The summed E-state index contributed by atoms with van der Waals surface area (Å²) in [6, 6.07) is 8.61. The Labute approximate surface area is 110 Å². The fourth-order valence-electron chi connectivity index (χ4n) is 1.90. The van der Waals surface area contributed by atoms with Gasteiger partial charge in [-0.3, -0.25) is 14.4 Å². The predicted molar refractivity (Wildman–Crippen MR) is 65.6 cm³/mol. The molecule has 0 saturated carbocycles. The van der Waals surface area contributed by atoms with Crippen LogP contribution in [-0.4, -0.2) is 35.4 Å². The lowest BCUT2D eigenvalue weighted by molar-refractivity contribution is -0.201. The molecule has 1 aliphatic heterocycles. The summed E-state index contributed by atoms with van der Waals surface area (Å²) >= 11 is 0. The number of nitrogens with zero attached hydrogens (tertiary/aromatic N) is 1. The molecule has 6 nitrogen and oxygen atoms in total. The van der Waals surface area contributed by atoms with Gasteiger partial charge in [0.2, 0.25) is 5.91 Å². The molecular formula is C13H14N2O4. The van der Waals surface area contributed by atoms with Crippen LogP contribution in [0.5, 0.6) is 0 Å². The number of hydrogen-bond donors (Lipinski definition) is 1. The summed E-state index contributed by atoms with van der Waals surface area (Å²) in [7, 11) is 0. The van der Waals surface area contributed by atoms with Crippen molar-refractivity contribution in [3.63, 3.8) is 0 Å². The highest BCUT2D eigenvalue weighted by atomic mass is 16.7. The van der Waals surface area contributed by atoms with Crippen molar-refractivity contribution in [3.8, 4) is 0 Å². The number of hydroxylamine groups is 2. The largest absolute Gasteiger partial charge is 0.342 e. The molecule has 1 unspecified atom stereocenters. The van der Waals surface area contributed by atoms with Gasteiger partial charge in [0.1, 0.15) is 12.6 Å². The Balaban J connectivity index is 2.09. The van der Waals surface area contributed by atoms with Crippen molar-refractivity contribution < 1.29 is 19.2 Å². The molecule has 0 radical (unpaired) electrons. The molecule has 0 spiro atoms. The van der Waals surface area contributed by atoms with Crippen LogP contribution in [0.15, 0.2) is 30.3 Å². The predicted octanol–water partition coefficient (Wildman–Crippen LogP) is 0.0342. The lowest BCUT2D eigenvalue weighted by Gasteiger charge is -2.30. The Morgan fingerprint density at radius 2 is 2.05 bits per heavy atom. The van der Waals surface area contributed by atoms with Crippen LogP contribution in [0, 0.1) is 0 Å². The summed E-state index contributed by atoms with van der Waals surface area (Å²) in [4.78, 5) is 39.2. The van der Waals surface area contributed by atoms with Crippen molar-refractivity contribution in [3.05, 3.63) is 35.9 Å². The van der Waals surface area contributed by atoms with Crippen LogP contribution in [0.25, 0.3) is 0 Å². The number of carbonyl (C=O) groups excluding carboxylic acids is 3. The van der Waals surface area contributed by atoms with E-state index < -0.39 is 17.9 Å². The molecule has 0 aromatic heterocycles. The van der Waals surface area contributed by atoms with Crippen LogP contribution in [0.2, 0.25) is 0 Å². The molecule has 1 heterocycles. The van der Waals surface area contributed by atoms with Gasteiger partial charge in [-0.15, -0.1) is 0 Å². The lowest BCUT2D eigenvalue weighted by atomic mass is 10.0. The van der Waals surface area contributed by atoms with Gasteiger partial charge < -0.3 is 10.2 Å². The molecule has 100 valence electrons. The Morgan fingerprint density at radius 3 is 2.68 bits per heavy atom. The smallest absolute Gasteiger partial charge is 0.329 e. The van der Waals surface area contributed by atoms with Crippen LogP contribution in [0.3, 0.4) is 0 Å². The third kappa shape index (κ3) is 3.31. The molecule has 19 heavy (non-hydrogen) atoms. The first kappa shape index (κ1) is 13.1. The Hall–Kier alpha value is -2.37. The molecule has 1 N–H and O–H groups in total. The molecule has 1 aromatic rings. The maximum Gasteiger partial charge on any atom is 0.329 e. The van der Waals surface area contributed by atoms with Gasteiger partial charge in [-0.25, -0.2) is 0 Å². The minimum atomic E-state index is -0.706. The molecule has 1 aliphatic rings. The SMILES string of the molecule is CC(=O)ON1CC(=O)NC(Cc2ccccc2)C1=O. The highest BCUT2D eigenvalue weighted by Gasteiger charge is 2.34. The quantitative estimate of drug-likeness (QED) is 0.834. The zero-order chi connectivity index (χ0) is 13.8. The monoisotopic (exact) mass is 262 g/mol. The van der Waals surface area contributed by atoms with E-state index in [4.69, 9.17) is 4.84 Å². The van der Waals surface area contributed by atoms with E-state index in [0.717, 1.165) is 10.6 Å². The van der Waals surface area contributed by atoms with Gasteiger partial charge in [0.25, 0.3) is 5.91 Å². The van der Waals surface area contributed by atoms with Crippen molar-refractivity contribution in [2.24, 2.45) is 0 Å². The van der Waals surface area contributed by atoms with Gasteiger partial charge in [0.05, 0.1) is 0 Å². The van der Waals surface area contributed by atoms with Gasteiger partial charge >= 0.3 is 5.97 Å². The van der Waals surface area contributed by atoms with Crippen LogP contribution in [0.4, 0.5) is 0 Å². The number of nitrogens with one attached hydrogen (secondary N) is 1. The molecule has 1 fully saturated rings. The minimum Gasteiger partial charge on any atom is -0.342 e. The fourth-order valence-corrected chi connectivity index (χ4v) is 1.90. The molecule has 6 heteroatoms. The molecule has 0 aliphatic carbocycles. The van der Waals surface area contributed by atoms with E-state index in [1.807, 2.05) is 30.3 Å². The summed E-state index contributed by atoms with van der Waals surface area (Å²) in [5.41, 5.74) is 0.922. The number of amides is 2. The maximum absolute atomic E-state index is 12.0. The second-order valence-electron chi connectivity index (χ2n) is 4.27. The van der Waals surface area contributed by atoms with Gasteiger partial charge in [-0.2, -0.15) is 5.06 Å². The van der Waals surface area contributed by atoms with Crippen LogP contribution in [0.1, 0.15) is 12.5 Å². The standard InChI is InChI=1S/C13H14N2O4/c1-9(16)19-15-8-12(17)14-11(13(15)18)7-10-5-3-2-4-6-10/h2-6,11H,7-8H2,1H3,(H,14,17). The van der Waals surface area contributed by atoms with Gasteiger partial charge in [-0.05, 0) is 5.56 Å². The first-order valence-electron chi connectivity index (χ1n) is 5.89. The van der Waals surface area contributed by atoms with E-state index in [0.29, 0.717) is 6.42 Å². The maximum atomic E-state index is 12.0. The van der Waals surface area contributed by atoms with Crippen molar-refractivity contribution in [2.45, 2.75) is 19.4 Å². The Morgan fingerprint density at radius 1 is 1.37 bits per heavy atom. The van der Waals surface area contributed by atoms with Gasteiger partial charge in [0, 0.05) is 13.3 Å². The number of piperazine rings is 1. The molecule has 1 saturated heterocycles. The first-order valence-corrected chi connectivity index (χ1v) is 5.89. The van der Waals surface area contributed by atoms with E-state index in [1.165, 1.54) is 6.92 Å². The zero-order valence-electron chi connectivity index (χ0n) is 10.5.